The molecule has 0 aliphatic heterocycles. The highest BCUT2D eigenvalue weighted by Crippen LogP contribution is 2.30. The van der Waals surface area contributed by atoms with Gasteiger partial charge >= 0.3 is 5.97 Å². The Balaban J connectivity index is 2.31. The normalized spacial score (nSPS) is 10.7. The van der Waals surface area contributed by atoms with Gasteiger partial charge in [0.2, 0.25) is 5.91 Å². The number of hydrogen-bond acceptors (Lipinski definition) is 6. The fourth-order valence-electron chi connectivity index (χ4n) is 3.20. The van der Waals surface area contributed by atoms with Gasteiger partial charge in [-0.05, 0) is 44.5 Å². The molecule has 0 radical (unpaired) electrons. The van der Waals surface area contributed by atoms with Crippen LogP contribution in [0, 0.1) is 31.0 Å². The lowest BCUT2D eigenvalue weighted by Crippen LogP contribution is -2.39. The predicted molar refractivity (Wildman–Crippen MR) is 113 cm³/mol. The third kappa shape index (κ3) is 6.13. The second-order valence-corrected chi connectivity index (χ2v) is 6.92. The number of halogens is 1. The quantitative estimate of drug-likeness (QED) is 0.582. The van der Waals surface area contributed by atoms with Crippen LogP contribution in [0.2, 0.25) is 0 Å². The van der Waals surface area contributed by atoms with E-state index in [0.29, 0.717) is 35.7 Å². The molecule has 0 saturated carbocycles. The van der Waals surface area contributed by atoms with Gasteiger partial charge in [-0.25, -0.2) is 4.39 Å². The summed E-state index contributed by atoms with van der Waals surface area (Å²) >= 11 is 0. The van der Waals surface area contributed by atoms with Crippen LogP contribution in [0.5, 0.6) is 0 Å². The molecule has 0 bridgehead atoms. The Hall–Kier alpha value is -3.22. The zero-order chi connectivity index (χ0) is 23.0. The van der Waals surface area contributed by atoms with Crippen LogP contribution in [0.25, 0.3) is 5.69 Å². The van der Waals surface area contributed by atoms with E-state index in [-0.39, 0.29) is 25.5 Å². The van der Waals surface area contributed by atoms with Crippen molar-refractivity contribution in [1.82, 2.24) is 9.47 Å². The molecule has 1 aromatic heterocycles. The van der Waals surface area contributed by atoms with Gasteiger partial charge in [0.25, 0.3) is 0 Å². The van der Waals surface area contributed by atoms with E-state index in [2.05, 4.69) is 11.4 Å². The average Bonchev–Trinajstić information content (AvgIpc) is 2.95. The number of nitriles is 1. The van der Waals surface area contributed by atoms with Crippen LogP contribution in [0.3, 0.4) is 0 Å². The van der Waals surface area contributed by atoms with Crippen molar-refractivity contribution < 1.29 is 23.5 Å². The first-order chi connectivity index (χ1) is 14.8. The van der Waals surface area contributed by atoms with E-state index in [4.69, 9.17) is 9.47 Å². The lowest BCUT2D eigenvalue weighted by atomic mass is 10.2. The molecule has 2 rings (SSSR count). The van der Waals surface area contributed by atoms with Crippen molar-refractivity contribution in [1.29, 1.82) is 5.26 Å². The Labute approximate surface area is 181 Å². The molecule has 8 nitrogen and oxygen atoms in total. The molecule has 0 atom stereocenters. The standard InChI is InChI=1S/C22H27FN4O4/c1-5-31-21(29)14-26(9-10-30-4)13-20(28)25-22-19(12-24)15(2)16(3)27(22)18-8-6-7-17(23)11-18/h6-8,11H,5,9-10,13-14H2,1-4H3,(H,25,28). The van der Waals surface area contributed by atoms with Crippen molar-refractivity contribution in [3.8, 4) is 11.8 Å². The van der Waals surface area contributed by atoms with Crippen LogP contribution in [0.4, 0.5) is 10.2 Å². The summed E-state index contributed by atoms with van der Waals surface area (Å²) in [5.74, 6) is -1.04. The number of benzene rings is 1. The molecule has 0 saturated heterocycles. The van der Waals surface area contributed by atoms with E-state index in [1.54, 1.807) is 42.4 Å². The molecule has 1 amide bonds. The maximum absolute atomic E-state index is 13.8. The molecule has 2 aromatic rings. The molecule has 166 valence electrons. The van der Waals surface area contributed by atoms with E-state index < -0.39 is 17.7 Å². The molecule has 1 heterocycles. The van der Waals surface area contributed by atoms with Crippen LogP contribution in [0.1, 0.15) is 23.7 Å². The summed E-state index contributed by atoms with van der Waals surface area (Å²) in [5.41, 5.74) is 2.18. The van der Waals surface area contributed by atoms with E-state index in [1.165, 1.54) is 19.2 Å². The minimum absolute atomic E-state index is 0.0707. The highest BCUT2D eigenvalue weighted by atomic mass is 19.1. The molecular weight excluding hydrogens is 403 g/mol. The van der Waals surface area contributed by atoms with Crippen molar-refractivity contribution >= 4 is 17.7 Å². The van der Waals surface area contributed by atoms with Gasteiger partial charge in [-0.3, -0.25) is 19.1 Å². The molecule has 0 aliphatic carbocycles. The lowest BCUT2D eigenvalue weighted by molar-refractivity contribution is -0.144. The Bertz CT molecular complexity index is 981. The molecule has 0 spiro atoms. The number of anilines is 1. The highest BCUT2D eigenvalue weighted by Gasteiger charge is 2.22. The van der Waals surface area contributed by atoms with Crippen molar-refractivity contribution in [2.75, 3.05) is 45.3 Å². The van der Waals surface area contributed by atoms with E-state index >= 15 is 0 Å². The summed E-state index contributed by atoms with van der Waals surface area (Å²) in [6.07, 6.45) is 0. The molecule has 31 heavy (non-hydrogen) atoms. The number of rotatable bonds is 10. The summed E-state index contributed by atoms with van der Waals surface area (Å²) < 4.78 is 25.5. The minimum Gasteiger partial charge on any atom is -0.465 e. The monoisotopic (exact) mass is 430 g/mol. The van der Waals surface area contributed by atoms with Crippen molar-refractivity contribution in [3.05, 3.63) is 46.9 Å². The largest absolute Gasteiger partial charge is 0.465 e. The Kier molecular flexibility index (Phi) is 8.73. The zero-order valence-electron chi connectivity index (χ0n) is 18.2. The van der Waals surface area contributed by atoms with Gasteiger partial charge in [-0.15, -0.1) is 0 Å². The number of amides is 1. The molecular formula is C22H27FN4O4. The average molecular weight is 430 g/mol. The highest BCUT2D eigenvalue weighted by molar-refractivity contribution is 5.94. The van der Waals surface area contributed by atoms with Crippen LogP contribution in [-0.4, -0.2) is 61.3 Å². The molecule has 1 aromatic carbocycles. The Morgan fingerprint density at radius 1 is 1.29 bits per heavy atom. The van der Waals surface area contributed by atoms with Gasteiger partial charge in [0.05, 0.1) is 37.6 Å². The van der Waals surface area contributed by atoms with Gasteiger partial charge in [0.1, 0.15) is 17.7 Å². The summed E-state index contributed by atoms with van der Waals surface area (Å²) in [5, 5.41) is 12.4. The first kappa shape index (κ1) is 24.1. The number of methoxy groups -OCH3 is 1. The third-order valence-electron chi connectivity index (χ3n) is 4.79. The third-order valence-corrected chi connectivity index (χ3v) is 4.79. The summed E-state index contributed by atoms with van der Waals surface area (Å²) in [6.45, 7) is 6.00. The number of hydrogen-bond donors (Lipinski definition) is 1. The molecule has 0 aliphatic rings. The second-order valence-electron chi connectivity index (χ2n) is 6.92. The van der Waals surface area contributed by atoms with Crippen LogP contribution in [-0.2, 0) is 19.1 Å². The van der Waals surface area contributed by atoms with E-state index in [0.717, 1.165) is 0 Å². The minimum atomic E-state index is -0.445. The SMILES string of the molecule is CCOC(=O)CN(CCOC)CC(=O)Nc1c(C#N)c(C)c(C)n1-c1cccc(F)c1. The molecule has 9 heteroatoms. The fourth-order valence-corrected chi connectivity index (χ4v) is 3.20. The molecule has 0 unspecified atom stereocenters. The van der Waals surface area contributed by atoms with Gasteiger partial charge in [-0.1, -0.05) is 6.07 Å². The first-order valence-electron chi connectivity index (χ1n) is 9.87. The maximum Gasteiger partial charge on any atom is 0.320 e. The molecule has 0 fully saturated rings. The number of nitrogens with zero attached hydrogens (tertiary/aromatic N) is 3. The number of carbonyl (C=O) groups is 2. The number of nitrogens with one attached hydrogen (secondary N) is 1. The number of ether oxygens (including phenoxy) is 2. The Morgan fingerprint density at radius 3 is 2.65 bits per heavy atom. The van der Waals surface area contributed by atoms with Crippen molar-refractivity contribution in [2.24, 2.45) is 0 Å². The molecule has 1 N–H and O–H groups in total. The number of carbonyl (C=O) groups excluding carboxylic acids is 2. The van der Waals surface area contributed by atoms with Gasteiger partial charge in [0.15, 0.2) is 0 Å². The van der Waals surface area contributed by atoms with Crippen LogP contribution < -0.4 is 5.32 Å². The van der Waals surface area contributed by atoms with Gasteiger partial charge in [-0.2, -0.15) is 5.26 Å². The smallest absolute Gasteiger partial charge is 0.320 e. The van der Waals surface area contributed by atoms with Crippen molar-refractivity contribution in [3.63, 3.8) is 0 Å². The van der Waals surface area contributed by atoms with E-state index in [9.17, 15) is 19.2 Å². The lowest BCUT2D eigenvalue weighted by Gasteiger charge is -2.21. The zero-order valence-corrected chi connectivity index (χ0v) is 18.2. The first-order valence-corrected chi connectivity index (χ1v) is 9.87. The number of aromatic nitrogens is 1. The van der Waals surface area contributed by atoms with Crippen LogP contribution >= 0.6 is 0 Å². The van der Waals surface area contributed by atoms with Crippen LogP contribution in [0.15, 0.2) is 24.3 Å². The number of esters is 1. The predicted octanol–water partition coefficient (Wildman–Crippen LogP) is 2.55. The van der Waals surface area contributed by atoms with Gasteiger partial charge in [0, 0.05) is 19.3 Å². The Morgan fingerprint density at radius 2 is 2.03 bits per heavy atom. The van der Waals surface area contributed by atoms with Crippen molar-refractivity contribution in [2.45, 2.75) is 20.8 Å². The summed E-state index contributed by atoms with van der Waals surface area (Å²) in [4.78, 5) is 26.3. The van der Waals surface area contributed by atoms with Gasteiger partial charge < -0.3 is 14.8 Å². The topological polar surface area (TPSA) is 96.6 Å². The van der Waals surface area contributed by atoms with E-state index in [1.807, 2.05) is 0 Å². The fraction of sp³-hybridized carbons (Fsp3) is 0.409. The summed E-state index contributed by atoms with van der Waals surface area (Å²) in [7, 11) is 1.53. The maximum atomic E-state index is 13.8. The summed E-state index contributed by atoms with van der Waals surface area (Å²) in [6, 6.07) is 8.01. The second kappa shape index (κ2) is 11.2.